The molecule has 0 heterocycles. The van der Waals surface area contributed by atoms with Crippen LogP contribution in [0.4, 0.5) is 21.9 Å². The molecule has 3 rings (SSSR count). The second kappa shape index (κ2) is 8.81. The Morgan fingerprint density at radius 2 is 1.50 bits per heavy atom. The van der Waals surface area contributed by atoms with Crippen molar-refractivity contribution in [2.45, 2.75) is 9.79 Å². The molecule has 0 aromatic heterocycles. The van der Waals surface area contributed by atoms with Gasteiger partial charge in [0.25, 0.3) is 5.91 Å². The summed E-state index contributed by atoms with van der Waals surface area (Å²) in [5.41, 5.74) is 8.26. The summed E-state index contributed by atoms with van der Waals surface area (Å²) in [6.07, 6.45) is -1.11. The fraction of sp³-hybridized carbons (Fsp3) is 0. The van der Waals surface area contributed by atoms with Crippen LogP contribution < -0.4 is 16.4 Å². The fourth-order valence-electron chi connectivity index (χ4n) is 2.38. The highest BCUT2D eigenvalue weighted by Gasteiger charge is 2.10. The molecule has 0 bridgehead atoms. The molecule has 0 saturated carbocycles. The minimum atomic E-state index is -1.11. The molecule has 3 aromatic carbocycles. The Morgan fingerprint density at radius 3 is 2.11 bits per heavy atom. The Labute approximate surface area is 174 Å². The van der Waals surface area contributed by atoms with Gasteiger partial charge in [-0.05, 0) is 66.7 Å². The van der Waals surface area contributed by atoms with Gasteiger partial charge in [-0.15, -0.1) is 0 Å². The zero-order valence-electron chi connectivity index (χ0n) is 14.5. The van der Waals surface area contributed by atoms with E-state index >= 15 is 0 Å². The number of benzene rings is 3. The summed E-state index contributed by atoms with van der Waals surface area (Å²) >= 11 is 4.79. The van der Waals surface area contributed by atoms with Gasteiger partial charge in [-0.1, -0.05) is 27.7 Å². The van der Waals surface area contributed by atoms with Crippen LogP contribution in [-0.2, 0) is 0 Å². The Balaban J connectivity index is 1.68. The molecule has 0 aliphatic heterocycles. The molecule has 28 heavy (non-hydrogen) atoms. The van der Waals surface area contributed by atoms with Crippen LogP contribution in [0.25, 0.3) is 0 Å². The van der Waals surface area contributed by atoms with Gasteiger partial charge in [0.1, 0.15) is 0 Å². The normalized spacial score (nSPS) is 10.3. The summed E-state index contributed by atoms with van der Waals surface area (Å²) < 4.78 is 0.933. The molecule has 0 fully saturated rings. The number of nitrogen functional groups attached to an aromatic ring is 1. The van der Waals surface area contributed by atoms with Gasteiger partial charge in [-0.3, -0.25) is 10.1 Å². The lowest BCUT2D eigenvalue weighted by atomic mass is 10.2. The number of carbonyl (C=O) groups is 2. The number of carbonyl (C=O) groups excluding carboxylic acids is 1. The quantitative estimate of drug-likeness (QED) is 0.377. The number of hydrogen-bond acceptors (Lipinski definition) is 4. The van der Waals surface area contributed by atoms with Crippen molar-refractivity contribution in [1.82, 2.24) is 0 Å². The second-order valence-electron chi connectivity index (χ2n) is 5.77. The van der Waals surface area contributed by atoms with Crippen molar-refractivity contribution in [3.05, 3.63) is 76.8 Å². The smallest absolute Gasteiger partial charge is 0.409 e. The molecule has 2 amide bonds. The molecule has 8 heteroatoms. The SMILES string of the molecule is Nc1cc(C(=O)Nc2ccc(Br)cc2)ccc1Sc1ccc(NC(=O)O)cc1. The van der Waals surface area contributed by atoms with E-state index in [1.54, 1.807) is 54.6 Å². The van der Waals surface area contributed by atoms with Gasteiger partial charge in [0.15, 0.2) is 0 Å². The van der Waals surface area contributed by atoms with Crippen molar-refractivity contribution in [3.8, 4) is 0 Å². The van der Waals surface area contributed by atoms with Crippen molar-refractivity contribution >= 4 is 56.8 Å². The number of carboxylic acid groups (broad SMARTS) is 1. The largest absolute Gasteiger partial charge is 0.465 e. The Morgan fingerprint density at radius 1 is 0.893 bits per heavy atom. The third kappa shape index (κ3) is 5.28. The third-order valence-electron chi connectivity index (χ3n) is 3.71. The van der Waals surface area contributed by atoms with Crippen molar-refractivity contribution in [2.24, 2.45) is 0 Å². The van der Waals surface area contributed by atoms with E-state index in [0.29, 0.717) is 22.6 Å². The highest BCUT2D eigenvalue weighted by Crippen LogP contribution is 2.33. The summed E-state index contributed by atoms with van der Waals surface area (Å²) in [5, 5.41) is 13.8. The van der Waals surface area contributed by atoms with Crippen LogP contribution in [0.3, 0.4) is 0 Å². The minimum Gasteiger partial charge on any atom is -0.465 e. The van der Waals surface area contributed by atoms with Gasteiger partial charge in [0.05, 0.1) is 0 Å². The summed E-state index contributed by atoms with van der Waals surface area (Å²) in [6, 6.07) is 19.4. The van der Waals surface area contributed by atoms with Crippen molar-refractivity contribution in [3.63, 3.8) is 0 Å². The lowest BCUT2D eigenvalue weighted by molar-refractivity contribution is 0.102. The number of anilines is 3. The van der Waals surface area contributed by atoms with Crippen LogP contribution in [0.2, 0.25) is 0 Å². The van der Waals surface area contributed by atoms with E-state index < -0.39 is 6.09 Å². The molecule has 6 nitrogen and oxygen atoms in total. The number of nitrogens with one attached hydrogen (secondary N) is 2. The topological polar surface area (TPSA) is 104 Å². The zero-order chi connectivity index (χ0) is 20.1. The number of nitrogens with two attached hydrogens (primary N) is 1. The van der Waals surface area contributed by atoms with Crippen LogP contribution in [0, 0.1) is 0 Å². The van der Waals surface area contributed by atoms with E-state index in [9.17, 15) is 9.59 Å². The molecule has 5 N–H and O–H groups in total. The first-order valence-electron chi connectivity index (χ1n) is 8.15. The van der Waals surface area contributed by atoms with E-state index in [1.807, 2.05) is 12.1 Å². The number of rotatable bonds is 5. The van der Waals surface area contributed by atoms with Crippen LogP contribution in [-0.4, -0.2) is 17.1 Å². The minimum absolute atomic E-state index is 0.241. The average molecular weight is 458 g/mol. The highest BCUT2D eigenvalue weighted by atomic mass is 79.9. The van der Waals surface area contributed by atoms with E-state index in [2.05, 4.69) is 26.6 Å². The van der Waals surface area contributed by atoms with Crippen LogP contribution >= 0.6 is 27.7 Å². The molecule has 0 spiro atoms. The van der Waals surface area contributed by atoms with Gasteiger partial charge in [0, 0.05) is 36.9 Å². The number of hydrogen-bond donors (Lipinski definition) is 4. The highest BCUT2D eigenvalue weighted by molar-refractivity contribution is 9.10. The van der Waals surface area contributed by atoms with Gasteiger partial charge in [-0.2, -0.15) is 0 Å². The van der Waals surface area contributed by atoms with E-state index in [4.69, 9.17) is 10.8 Å². The average Bonchev–Trinajstić information content (AvgIpc) is 2.66. The maximum absolute atomic E-state index is 12.4. The number of halogens is 1. The van der Waals surface area contributed by atoms with Gasteiger partial charge < -0.3 is 16.2 Å². The van der Waals surface area contributed by atoms with Crippen molar-refractivity contribution < 1.29 is 14.7 Å². The lowest BCUT2D eigenvalue weighted by Gasteiger charge is -2.10. The summed E-state index contributed by atoms with van der Waals surface area (Å²) in [5.74, 6) is -0.241. The van der Waals surface area contributed by atoms with Crippen LogP contribution in [0.5, 0.6) is 0 Å². The molecule has 0 atom stereocenters. The van der Waals surface area contributed by atoms with E-state index in [0.717, 1.165) is 14.3 Å². The maximum atomic E-state index is 12.4. The Bertz CT molecular complexity index is 1010. The molecule has 3 aromatic rings. The van der Waals surface area contributed by atoms with Gasteiger partial charge in [0.2, 0.25) is 0 Å². The third-order valence-corrected chi connectivity index (χ3v) is 5.34. The first-order chi connectivity index (χ1) is 13.4. The molecule has 0 saturated heterocycles. The zero-order valence-corrected chi connectivity index (χ0v) is 16.9. The second-order valence-corrected chi connectivity index (χ2v) is 7.80. The standard InChI is InChI=1S/C20H16BrN3O3S/c21-13-2-4-14(5-3-13)23-19(25)12-1-10-18(17(22)11-12)28-16-8-6-15(7-9-16)24-20(26)27/h1-11,24H,22H2,(H,23,25)(H,26,27). The molecule has 0 unspecified atom stereocenters. The van der Waals surface area contributed by atoms with Crippen molar-refractivity contribution in [2.75, 3.05) is 16.4 Å². The fourth-order valence-corrected chi connectivity index (χ4v) is 3.48. The predicted octanol–water partition coefficient (Wildman–Crippen LogP) is 5.52. The Hall–Kier alpha value is -2.97. The van der Waals surface area contributed by atoms with E-state index in [1.165, 1.54) is 11.8 Å². The van der Waals surface area contributed by atoms with Gasteiger partial charge >= 0.3 is 6.09 Å². The number of amides is 2. The molecular weight excluding hydrogens is 442 g/mol. The summed E-state index contributed by atoms with van der Waals surface area (Å²) in [4.78, 5) is 24.7. The van der Waals surface area contributed by atoms with Crippen LogP contribution in [0.1, 0.15) is 10.4 Å². The maximum Gasteiger partial charge on any atom is 0.409 e. The molecule has 0 aliphatic rings. The molecule has 0 radical (unpaired) electrons. The monoisotopic (exact) mass is 457 g/mol. The summed E-state index contributed by atoms with van der Waals surface area (Å²) in [7, 11) is 0. The summed E-state index contributed by atoms with van der Waals surface area (Å²) in [6.45, 7) is 0. The van der Waals surface area contributed by atoms with E-state index in [-0.39, 0.29) is 5.91 Å². The molecular formula is C20H16BrN3O3S. The van der Waals surface area contributed by atoms with Crippen LogP contribution in [0.15, 0.2) is 81.0 Å². The molecule has 0 aliphatic carbocycles. The first-order valence-corrected chi connectivity index (χ1v) is 9.76. The lowest BCUT2D eigenvalue weighted by Crippen LogP contribution is -2.12. The molecule has 142 valence electrons. The Kier molecular flexibility index (Phi) is 6.23. The predicted molar refractivity (Wildman–Crippen MR) is 115 cm³/mol. The van der Waals surface area contributed by atoms with Gasteiger partial charge in [-0.25, -0.2) is 4.79 Å². The van der Waals surface area contributed by atoms with Crippen molar-refractivity contribution in [1.29, 1.82) is 0 Å². The first kappa shape index (κ1) is 19.8.